The summed E-state index contributed by atoms with van der Waals surface area (Å²) in [4.78, 5) is 82.0. The number of fused-ring (bicyclic) bond motifs is 2. The van der Waals surface area contributed by atoms with Gasteiger partial charge in [0, 0.05) is 18.5 Å². The fraction of sp³-hybridized carbons (Fsp3) is 0.771. The highest BCUT2D eigenvalue weighted by atomic mass is 16.6. The zero-order chi connectivity index (χ0) is 34.2. The van der Waals surface area contributed by atoms with Crippen LogP contribution in [0.1, 0.15) is 105 Å². The molecule has 12 heteroatoms. The summed E-state index contributed by atoms with van der Waals surface area (Å²) >= 11 is 0. The molecule has 1 saturated heterocycles. The van der Waals surface area contributed by atoms with Gasteiger partial charge in [0.15, 0.2) is 0 Å². The molecule has 4 atom stereocenters. The predicted molar refractivity (Wildman–Crippen MR) is 174 cm³/mol. The van der Waals surface area contributed by atoms with Gasteiger partial charge in [-0.15, -0.1) is 0 Å². The first-order chi connectivity index (χ1) is 22.1. The molecule has 4 fully saturated rings. The maximum absolute atomic E-state index is 14.5. The van der Waals surface area contributed by atoms with Crippen molar-refractivity contribution in [1.29, 1.82) is 0 Å². The number of Topliss-reactive ketones (excluding diaryl/α,β-unsaturated/α-hetero) is 1. The van der Waals surface area contributed by atoms with Crippen molar-refractivity contribution in [2.75, 3.05) is 19.6 Å². The van der Waals surface area contributed by atoms with Crippen LogP contribution >= 0.6 is 0 Å². The van der Waals surface area contributed by atoms with E-state index in [1.807, 2.05) is 12.2 Å². The van der Waals surface area contributed by atoms with Crippen molar-refractivity contribution in [2.24, 2.45) is 22.2 Å². The monoisotopic (exact) mass is 655 g/mol. The molecule has 3 saturated carbocycles. The summed E-state index contributed by atoms with van der Waals surface area (Å²) in [6.45, 7) is 10.1. The number of nitrogens with one attached hydrogen (secondary N) is 4. The van der Waals surface area contributed by atoms with Crippen LogP contribution in [0.3, 0.4) is 0 Å². The second-order valence-corrected chi connectivity index (χ2v) is 15.9. The van der Waals surface area contributed by atoms with Crippen LogP contribution in [-0.4, -0.2) is 83.8 Å². The van der Waals surface area contributed by atoms with Crippen LogP contribution in [0, 0.1) is 22.2 Å². The second-order valence-electron chi connectivity index (χ2n) is 15.9. The molecular formula is C35H53N5O7. The van der Waals surface area contributed by atoms with Crippen LogP contribution in [0.15, 0.2) is 12.2 Å². The molecule has 4 N–H and O–H groups in total. The van der Waals surface area contributed by atoms with Crippen LogP contribution in [-0.2, 0) is 28.7 Å². The van der Waals surface area contributed by atoms with Crippen molar-refractivity contribution in [3.05, 3.63) is 12.2 Å². The smallest absolute Gasteiger partial charge is 0.408 e. The molecule has 3 aliphatic carbocycles. The SMILES string of the molecule is CC(C)(C)OC(=O)N[C@@H]1CC/C=C/CCNC(=O)CNC(=O)C(=O)C(CC2CCC2)NC(=O)[C@H]2C[C@@]3(CN2C1=O)C(C)(C)C31CCC1. The Labute approximate surface area is 277 Å². The van der Waals surface area contributed by atoms with Gasteiger partial charge >= 0.3 is 6.09 Å². The van der Waals surface area contributed by atoms with Crippen LogP contribution in [0.2, 0.25) is 0 Å². The maximum atomic E-state index is 14.5. The van der Waals surface area contributed by atoms with Crippen molar-refractivity contribution in [1.82, 2.24) is 26.2 Å². The number of allylic oxidation sites excluding steroid dienone is 1. The minimum Gasteiger partial charge on any atom is -0.444 e. The molecule has 5 amide bonds. The van der Waals surface area contributed by atoms with E-state index in [-0.39, 0.29) is 41.0 Å². The van der Waals surface area contributed by atoms with Gasteiger partial charge in [-0.2, -0.15) is 0 Å². The Kier molecular flexibility index (Phi) is 9.81. The van der Waals surface area contributed by atoms with E-state index in [1.54, 1.807) is 25.7 Å². The first-order valence-corrected chi connectivity index (χ1v) is 17.4. The van der Waals surface area contributed by atoms with E-state index in [2.05, 4.69) is 35.1 Å². The molecule has 260 valence electrons. The number of hydrogen-bond donors (Lipinski definition) is 4. The quantitative estimate of drug-likeness (QED) is 0.268. The minimum atomic E-state index is -1.07. The van der Waals surface area contributed by atoms with E-state index in [0.29, 0.717) is 38.8 Å². The summed E-state index contributed by atoms with van der Waals surface area (Å²) in [5.74, 6) is -2.76. The first-order valence-electron chi connectivity index (χ1n) is 17.4. The molecule has 0 aromatic carbocycles. The lowest BCUT2D eigenvalue weighted by Gasteiger charge is -2.32. The molecule has 0 radical (unpaired) electrons. The Morgan fingerprint density at radius 1 is 0.979 bits per heavy atom. The average Bonchev–Trinajstić information content (AvgIpc) is 3.17. The average molecular weight is 656 g/mol. The summed E-state index contributed by atoms with van der Waals surface area (Å²) < 4.78 is 5.51. The molecule has 12 nitrogen and oxygen atoms in total. The number of nitrogens with zero attached hydrogens (tertiary/aromatic N) is 1. The Balaban J connectivity index is 1.46. The van der Waals surface area contributed by atoms with Crippen LogP contribution in [0.25, 0.3) is 0 Å². The van der Waals surface area contributed by atoms with Gasteiger partial charge < -0.3 is 30.9 Å². The van der Waals surface area contributed by atoms with Crippen molar-refractivity contribution in [3.63, 3.8) is 0 Å². The summed E-state index contributed by atoms with van der Waals surface area (Å²) in [6, 6.07) is -2.89. The number of ketones is 1. The normalized spacial score (nSPS) is 32.4. The second kappa shape index (κ2) is 13.2. The fourth-order valence-corrected chi connectivity index (χ4v) is 8.79. The Hall–Kier alpha value is -3.44. The molecular weight excluding hydrogens is 602 g/mol. The van der Waals surface area contributed by atoms with Gasteiger partial charge in [0.25, 0.3) is 5.91 Å². The zero-order valence-electron chi connectivity index (χ0n) is 28.7. The highest BCUT2D eigenvalue weighted by Crippen LogP contribution is 2.88. The van der Waals surface area contributed by atoms with Gasteiger partial charge in [0.2, 0.25) is 23.5 Å². The van der Waals surface area contributed by atoms with E-state index in [0.717, 1.165) is 38.5 Å². The number of hydrogen-bond acceptors (Lipinski definition) is 7. The zero-order valence-corrected chi connectivity index (χ0v) is 28.7. The van der Waals surface area contributed by atoms with Gasteiger partial charge in [-0.05, 0) is 82.5 Å². The molecule has 2 spiro atoms. The number of alkyl carbamates (subject to hydrolysis) is 1. The third-order valence-corrected chi connectivity index (χ3v) is 11.9. The van der Waals surface area contributed by atoms with Gasteiger partial charge in [0.1, 0.15) is 17.7 Å². The van der Waals surface area contributed by atoms with Crippen molar-refractivity contribution in [3.8, 4) is 0 Å². The summed E-state index contributed by atoms with van der Waals surface area (Å²) in [5, 5.41) is 10.8. The van der Waals surface area contributed by atoms with Crippen molar-refractivity contribution < 1.29 is 33.5 Å². The largest absolute Gasteiger partial charge is 0.444 e. The van der Waals surface area contributed by atoms with Crippen LogP contribution < -0.4 is 21.3 Å². The fourth-order valence-electron chi connectivity index (χ4n) is 8.79. The lowest BCUT2D eigenvalue weighted by atomic mass is 9.73. The van der Waals surface area contributed by atoms with E-state index in [1.165, 1.54) is 0 Å². The Morgan fingerprint density at radius 2 is 1.68 bits per heavy atom. The van der Waals surface area contributed by atoms with E-state index >= 15 is 0 Å². The number of ether oxygens (including phenoxy) is 1. The third kappa shape index (κ3) is 6.79. The van der Waals surface area contributed by atoms with Crippen molar-refractivity contribution in [2.45, 2.75) is 129 Å². The number of amides is 5. The topological polar surface area (TPSA) is 163 Å². The van der Waals surface area contributed by atoms with E-state index in [9.17, 15) is 28.8 Å². The van der Waals surface area contributed by atoms with Gasteiger partial charge in [0.05, 0.1) is 12.6 Å². The molecule has 0 aromatic heterocycles. The molecule has 47 heavy (non-hydrogen) atoms. The molecule has 0 bridgehead atoms. The molecule has 0 aromatic rings. The van der Waals surface area contributed by atoms with Gasteiger partial charge in [-0.25, -0.2) is 4.79 Å². The third-order valence-electron chi connectivity index (χ3n) is 11.9. The lowest BCUT2D eigenvalue weighted by Crippen LogP contribution is -2.57. The standard InChI is InChI=1S/C35H53N5O7/c1-32(2,3)47-31(46)39-23-14-8-6-7-9-17-36-26(41)20-37-29(44)27(42)24(18-22-12-10-13-22)38-28(43)25-19-35(21-40(25)30(23)45)33(4,5)34(35)15-11-16-34/h6-7,22-25H,8-21H2,1-5H3,(H,36,41)(H,37,44)(H,38,43)(H,39,46)/b7-6+/t23-,24?,25-,35-/m1/s1. The summed E-state index contributed by atoms with van der Waals surface area (Å²) in [5.41, 5.74) is -1.08. The molecule has 5 rings (SSSR count). The van der Waals surface area contributed by atoms with Crippen LogP contribution in [0.5, 0.6) is 0 Å². The van der Waals surface area contributed by atoms with Crippen molar-refractivity contribution >= 4 is 35.5 Å². The molecule has 2 aliphatic heterocycles. The first kappa shape index (κ1) is 34.9. The van der Waals surface area contributed by atoms with Gasteiger partial charge in [-0.1, -0.05) is 51.7 Å². The molecule has 5 aliphatic rings. The Morgan fingerprint density at radius 3 is 2.28 bits per heavy atom. The van der Waals surface area contributed by atoms with E-state index < -0.39 is 53.3 Å². The molecule has 1 unspecified atom stereocenters. The number of carbonyl (C=O) groups is 6. The van der Waals surface area contributed by atoms with E-state index in [4.69, 9.17) is 4.74 Å². The maximum Gasteiger partial charge on any atom is 0.408 e. The highest BCUT2D eigenvalue weighted by molar-refractivity contribution is 6.38. The predicted octanol–water partition coefficient (Wildman–Crippen LogP) is 2.89. The van der Waals surface area contributed by atoms with Gasteiger partial charge in [-0.3, -0.25) is 24.0 Å². The minimum absolute atomic E-state index is 0.0414. The number of rotatable bonds is 3. The molecule has 2 heterocycles. The Bertz CT molecular complexity index is 1310. The highest BCUT2D eigenvalue weighted by Gasteiger charge is 2.85. The summed E-state index contributed by atoms with van der Waals surface area (Å²) in [6.07, 6.45) is 11.1. The lowest BCUT2D eigenvalue weighted by molar-refractivity contribution is -0.143. The summed E-state index contributed by atoms with van der Waals surface area (Å²) in [7, 11) is 0. The number of carbonyl (C=O) groups excluding carboxylic acids is 6. The van der Waals surface area contributed by atoms with Crippen LogP contribution in [0.4, 0.5) is 4.79 Å².